The Hall–Kier alpha value is -3.58. The lowest BCUT2D eigenvalue weighted by Gasteiger charge is -2.40. The van der Waals surface area contributed by atoms with E-state index < -0.39 is 11.5 Å². The van der Waals surface area contributed by atoms with Gasteiger partial charge in [-0.3, -0.25) is 14.6 Å². The second-order valence-electron chi connectivity index (χ2n) is 8.22. The average molecular weight is 431 g/mol. The van der Waals surface area contributed by atoms with Crippen molar-refractivity contribution < 1.29 is 14.3 Å². The van der Waals surface area contributed by atoms with Gasteiger partial charge in [0.15, 0.2) is 5.60 Å². The molecule has 0 radical (unpaired) electrons. The van der Waals surface area contributed by atoms with Crippen LogP contribution in [-0.2, 0) is 16.0 Å². The van der Waals surface area contributed by atoms with Crippen molar-refractivity contribution in [3.63, 3.8) is 0 Å². The lowest BCUT2D eigenvalue weighted by molar-refractivity contribution is -0.153. The van der Waals surface area contributed by atoms with E-state index in [2.05, 4.69) is 34.2 Å². The lowest BCUT2D eigenvalue weighted by Crippen LogP contribution is -2.61. The molecule has 7 nitrogen and oxygen atoms in total. The number of ether oxygens (including phenoxy) is 1. The number of aryl methyl sites for hydroxylation is 2. The number of hydrogen-bond donors (Lipinski definition) is 1. The van der Waals surface area contributed by atoms with Crippen molar-refractivity contribution in [2.24, 2.45) is 5.73 Å². The summed E-state index contributed by atoms with van der Waals surface area (Å²) in [6.45, 7) is 4.48. The highest BCUT2D eigenvalue weighted by molar-refractivity contribution is 5.93. The molecular weight excluding hydrogens is 404 g/mol. The molecule has 1 aliphatic heterocycles. The Bertz CT molecular complexity index is 1130. The molecule has 0 bridgehead atoms. The molecule has 32 heavy (non-hydrogen) atoms. The van der Waals surface area contributed by atoms with Gasteiger partial charge in [0, 0.05) is 19.2 Å². The molecule has 2 amide bonds. The molecule has 0 unspecified atom stereocenters. The minimum absolute atomic E-state index is 0.0610. The molecule has 1 fully saturated rings. The number of nitrogens with two attached hydrogens (primary N) is 1. The van der Waals surface area contributed by atoms with E-state index in [1.807, 2.05) is 31.2 Å². The fourth-order valence-corrected chi connectivity index (χ4v) is 3.90. The number of carbonyl (C=O) groups is 2. The first-order valence-electron chi connectivity index (χ1n) is 10.5. The first-order chi connectivity index (χ1) is 15.4. The zero-order valence-corrected chi connectivity index (χ0v) is 18.2. The Morgan fingerprint density at radius 1 is 1.06 bits per heavy atom. The summed E-state index contributed by atoms with van der Waals surface area (Å²) in [5.41, 5.74) is 9.69. The summed E-state index contributed by atoms with van der Waals surface area (Å²) in [6, 6.07) is 16.2. The molecule has 7 heteroatoms. The Morgan fingerprint density at radius 2 is 1.84 bits per heavy atom. The molecule has 1 atom stereocenters. The van der Waals surface area contributed by atoms with Gasteiger partial charge >= 0.3 is 0 Å². The normalized spacial score (nSPS) is 18.4. The quantitative estimate of drug-likeness (QED) is 0.671. The molecule has 2 heterocycles. The van der Waals surface area contributed by atoms with Gasteiger partial charge in [0.1, 0.15) is 5.69 Å². The van der Waals surface area contributed by atoms with E-state index in [4.69, 9.17) is 10.5 Å². The van der Waals surface area contributed by atoms with E-state index in [0.717, 1.165) is 22.4 Å². The maximum Gasteiger partial charge on any atom is 0.274 e. The van der Waals surface area contributed by atoms with Crippen molar-refractivity contribution in [2.45, 2.75) is 25.9 Å². The number of morpholine rings is 1. The van der Waals surface area contributed by atoms with Crippen molar-refractivity contribution in [3.8, 4) is 11.1 Å². The smallest absolute Gasteiger partial charge is 0.274 e. The minimum atomic E-state index is -1.31. The molecule has 1 aromatic heterocycles. The van der Waals surface area contributed by atoms with Gasteiger partial charge in [-0.1, -0.05) is 54.1 Å². The third-order valence-electron chi connectivity index (χ3n) is 5.72. The van der Waals surface area contributed by atoms with Gasteiger partial charge in [0.2, 0.25) is 0 Å². The van der Waals surface area contributed by atoms with Crippen molar-refractivity contribution in [3.05, 3.63) is 83.4 Å². The Kier molecular flexibility index (Phi) is 6.01. The van der Waals surface area contributed by atoms with Gasteiger partial charge in [0.25, 0.3) is 11.8 Å². The van der Waals surface area contributed by atoms with Crippen LogP contribution in [0.2, 0.25) is 0 Å². The van der Waals surface area contributed by atoms with Crippen molar-refractivity contribution in [1.29, 1.82) is 0 Å². The zero-order valence-electron chi connectivity index (χ0n) is 18.2. The monoisotopic (exact) mass is 430 g/mol. The largest absolute Gasteiger partial charge is 0.367 e. The Labute approximate surface area is 187 Å². The fourth-order valence-electron chi connectivity index (χ4n) is 3.90. The molecule has 1 saturated heterocycles. The summed E-state index contributed by atoms with van der Waals surface area (Å²) in [6.07, 6.45) is 3.26. The maximum atomic E-state index is 13.0. The molecular formula is C25H26N4O3. The first-order valence-corrected chi connectivity index (χ1v) is 10.5. The number of aromatic nitrogens is 2. The predicted molar refractivity (Wildman–Crippen MR) is 121 cm³/mol. The van der Waals surface area contributed by atoms with Gasteiger partial charge < -0.3 is 15.4 Å². The van der Waals surface area contributed by atoms with Crippen LogP contribution in [0, 0.1) is 13.8 Å². The molecule has 3 aromatic rings. The summed E-state index contributed by atoms with van der Waals surface area (Å²) < 4.78 is 5.92. The summed E-state index contributed by atoms with van der Waals surface area (Å²) >= 11 is 0. The lowest BCUT2D eigenvalue weighted by atomic mass is 9.90. The molecule has 1 aliphatic rings. The first kappa shape index (κ1) is 21.6. The SMILES string of the molecule is Cc1ccc(-c2cccc(C[C@]3(C(N)=O)CN(C(=O)c4cnc(C)cn4)CCO3)c2)cc1. The van der Waals surface area contributed by atoms with Crippen LogP contribution >= 0.6 is 0 Å². The van der Waals surface area contributed by atoms with Crippen LogP contribution in [0.15, 0.2) is 60.9 Å². The van der Waals surface area contributed by atoms with Crippen LogP contribution in [0.3, 0.4) is 0 Å². The van der Waals surface area contributed by atoms with Crippen LogP contribution in [0.4, 0.5) is 0 Å². The van der Waals surface area contributed by atoms with Crippen molar-refractivity contribution >= 4 is 11.8 Å². The van der Waals surface area contributed by atoms with Crippen LogP contribution < -0.4 is 5.73 Å². The average Bonchev–Trinajstić information content (AvgIpc) is 2.80. The summed E-state index contributed by atoms with van der Waals surface area (Å²) in [5, 5.41) is 0. The number of amides is 2. The van der Waals surface area contributed by atoms with E-state index in [0.29, 0.717) is 6.54 Å². The molecule has 164 valence electrons. The Balaban J connectivity index is 1.58. The van der Waals surface area contributed by atoms with Gasteiger partial charge in [-0.05, 0) is 30.5 Å². The van der Waals surface area contributed by atoms with Crippen molar-refractivity contribution in [1.82, 2.24) is 14.9 Å². The number of nitrogens with zero attached hydrogens (tertiary/aromatic N) is 3. The second-order valence-corrected chi connectivity index (χ2v) is 8.22. The zero-order chi connectivity index (χ0) is 22.7. The summed E-state index contributed by atoms with van der Waals surface area (Å²) in [5.74, 6) is -0.884. The standard InChI is InChI=1S/C25H26N4O3/c1-17-6-8-20(9-7-17)21-5-3-4-19(12-21)13-25(24(26)31)16-29(10-11-32-25)23(30)22-15-27-18(2)14-28-22/h3-9,12,14-15H,10-11,13,16H2,1-2H3,(H2,26,31)/t25-/m1/s1. The maximum absolute atomic E-state index is 13.0. The highest BCUT2D eigenvalue weighted by Gasteiger charge is 2.44. The number of hydrogen-bond acceptors (Lipinski definition) is 5. The third kappa shape index (κ3) is 4.53. The van der Waals surface area contributed by atoms with E-state index in [1.54, 1.807) is 18.0 Å². The number of benzene rings is 2. The van der Waals surface area contributed by atoms with E-state index in [-0.39, 0.29) is 31.2 Å². The molecule has 2 aromatic carbocycles. The topological polar surface area (TPSA) is 98.4 Å². The second kappa shape index (κ2) is 8.88. The van der Waals surface area contributed by atoms with Gasteiger partial charge in [-0.2, -0.15) is 0 Å². The minimum Gasteiger partial charge on any atom is -0.367 e. The molecule has 4 rings (SSSR count). The van der Waals surface area contributed by atoms with Crippen LogP contribution in [0.5, 0.6) is 0 Å². The molecule has 0 saturated carbocycles. The summed E-state index contributed by atoms with van der Waals surface area (Å²) in [7, 11) is 0. The van der Waals surface area contributed by atoms with Crippen LogP contribution in [0.1, 0.15) is 27.3 Å². The van der Waals surface area contributed by atoms with E-state index in [9.17, 15) is 9.59 Å². The van der Waals surface area contributed by atoms with Crippen LogP contribution in [0.25, 0.3) is 11.1 Å². The van der Waals surface area contributed by atoms with E-state index in [1.165, 1.54) is 11.8 Å². The highest BCUT2D eigenvalue weighted by Crippen LogP contribution is 2.27. The molecule has 2 N–H and O–H groups in total. The number of primary amides is 1. The predicted octanol–water partition coefficient (Wildman–Crippen LogP) is 2.70. The Morgan fingerprint density at radius 3 is 2.53 bits per heavy atom. The highest BCUT2D eigenvalue weighted by atomic mass is 16.5. The van der Waals surface area contributed by atoms with Crippen LogP contribution in [-0.4, -0.2) is 52.0 Å². The van der Waals surface area contributed by atoms with Crippen molar-refractivity contribution in [2.75, 3.05) is 19.7 Å². The van der Waals surface area contributed by atoms with Gasteiger partial charge in [-0.25, -0.2) is 4.98 Å². The van der Waals surface area contributed by atoms with Gasteiger partial charge in [-0.15, -0.1) is 0 Å². The fraction of sp³-hybridized carbons (Fsp3) is 0.280. The molecule has 0 aliphatic carbocycles. The van der Waals surface area contributed by atoms with E-state index >= 15 is 0 Å². The third-order valence-corrected chi connectivity index (χ3v) is 5.72. The number of carbonyl (C=O) groups excluding carboxylic acids is 2. The summed E-state index contributed by atoms with van der Waals surface area (Å²) in [4.78, 5) is 35.4. The number of rotatable bonds is 5. The van der Waals surface area contributed by atoms with Gasteiger partial charge in [0.05, 0.1) is 25.0 Å². The molecule has 0 spiro atoms.